The molecule has 2 rings (SSSR count). The van der Waals surface area contributed by atoms with Crippen LogP contribution in [0.15, 0.2) is 34.1 Å². The Morgan fingerprint density at radius 1 is 1.40 bits per heavy atom. The molecular weight excluding hydrogens is 319 g/mol. The molecule has 0 spiro atoms. The minimum absolute atomic E-state index is 0.123. The number of nitrogens with one attached hydrogen (secondary N) is 1. The number of amides is 1. The predicted octanol–water partition coefficient (Wildman–Crippen LogP) is 3.91. The Bertz CT molecular complexity index is 669. The molecule has 0 aliphatic rings. The molecular formula is C13H10Cl2N2O2S. The second-order valence-electron chi connectivity index (χ2n) is 3.93. The van der Waals surface area contributed by atoms with E-state index in [1.54, 1.807) is 23.8 Å². The van der Waals surface area contributed by atoms with Gasteiger partial charge >= 0.3 is 0 Å². The summed E-state index contributed by atoms with van der Waals surface area (Å²) in [4.78, 5) is 11.7. The van der Waals surface area contributed by atoms with Crippen molar-refractivity contribution in [3.63, 3.8) is 0 Å². The van der Waals surface area contributed by atoms with Gasteiger partial charge in [-0.05, 0) is 30.5 Å². The Kier molecular flexibility index (Phi) is 4.65. The molecule has 0 atom stereocenters. The number of phenolic OH excluding ortho intramolecular Hbond substituents is 1. The molecule has 0 bridgehead atoms. The van der Waals surface area contributed by atoms with Crippen LogP contribution < -0.4 is 5.43 Å². The van der Waals surface area contributed by atoms with Gasteiger partial charge in [-0.15, -0.1) is 0 Å². The Morgan fingerprint density at radius 2 is 2.15 bits per heavy atom. The fraction of sp³-hybridized carbons (Fsp3) is 0.0769. The summed E-state index contributed by atoms with van der Waals surface area (Å²) < 4.78 is 0. The average molecular weight is 329 g/mol. The normalized spacial score (nSPS) is 11.4. The molecule has 0 aliphatic heterocycles. The van der Waals surface area contributed by atoms with Gasteiger partial charge in [0.05, 0.1) is 16.3 Å². The Balaban J connectivity index is 2.21. The summed E-state index contributed by atoms with van der Waals surface area (Å²) in [6, 6.07) is 4.65. The number of hydrogen-bond acceptors (Lipinski definition) is 4. The molecule has 20 heavy (non-hydrogen) atoms. The minimum atomic E-state index is -0.321. The van der Waals surface area contributed by atoms with Gasteiger partial charge in [0.1, 0.15) is 5.75 Å². The van der Waals surface area contributed by atoms with E-state index in [0.29, 0.717) is 21.9 Å². The number of rotatable bonds is 3. The van der Waals surface area contributed by atoms with Crippen LogP contribution in [-0.2, 0) is 0 Å². The van der Waals surface area contributed by atoms with E-state index in [4.69, 9.17) is 23.2 Å². The van der Waals surface area contributed by atoms with Crippen LogP contribution >= 0.6 is 34.5 Å². The van der Waals surface area contributed by atoms with Crippen molar-refractivity contribution in [1.82, 2.24) is 5.43 Å². The lowest BCUT2D eigenvalue weighted by molar-refractivity contribution is 0.0955. The molecule has 2 aromatic rings. The molecule has 104 valence electrons. The summed E-state index contributed by atoms with van der Waals surface area (Å²) in [5, 5.41) is 17.8. The largest absolute Gasteiger partial charge is 0.506 e. The van der Waals surface area contributed by atoms with E-state index in [0.717, 1.165) is 0 Å². The van der Waals surface area contributed by atoms with Gasteiger partial charge in [0, 0.05) is 16.0 Å². The summed E-state index contributed by atoms with van der Waals surface area (Å²) >= 11 is 13.1. The standard InChI is InChI=1S/C13H10Cl2N2O2S/c1-7(10-4-9(14)5-11(15)12(10)18)16-17-13(19)8-2-3-20-6-8/h2-6,18H,1H3,(H,17,19)/b16-7+. The Labute approximate surface area is 129 Å². The predicted molar refractivity (Wildman–Crippen MR) is 82.1 cm³/mol. The quantitative estimate of drug-likeness (QED) is 0.662. The van der Waals surface area contributed by atoms with E-state index in [1.165, 1.54) is 23.5 Å². The third-order valence-electron chi connectivity index (χ3n) is 2.53. The number of carbonyl (C=O) groups excluding carboxylic acids is 1. The van der Waals surface area contributed by atoms with Gasteiger partial charge < -0.3 is 5.11 Å². The number of hydrogen-bond donors (Lipinski definition) is 2. The second kappa shape index (κ2) is 6.26. The van der Waals surface area contributed by atoms with E-state index in [-0.39, 0.29) is 16.7 Å². The summed E-state index contributed by atoms with van der Waals surface area (Å²) in [7, 11) is 0. The van der Waals surface area contributed by atoms with Gasteiger partial charge in [-0.25, -0.2) is 5.43 Å². The van der Waals surface area contributed by atoms with Crippen molar-refractivity contribution in [1.29, 1.82) is 0 Å². The highest BCUT2D eigenvalue weighted by Crippen LogP contribution is 2.31. The zero-order chi connectivity index (χ0) is 14.7. The fourth-order valence-electron chi connectivity index (χ4n) is 1.49. The van der Waals surface area contributed by atoms with Gasteiger partial charge in [-0.1, -0.05) is 23.2 Å². The van der Waals surface area contributed by atoms with E-state index in [1.807, 2.05) is 0 Å². The molecule has 0 saturated carbocycles. The number of phenols is 1. The highest BCUT2D eigenvalue weighted by Gasteiger charge is 2.11. The third-order valence-corrected chi connectivity index (χ3v) is 3.72. The molecule has 0 saturated heterocycles. The lowest BCUT2D eigenvalue weighted by atomic mass is 10.1. The number of nitrogens with zero attached hydrogens (tertiary/aromatic N) is 1. The van der Waals surface area contributed by atoms with Crippen molar-refractivity contribution < 1.29 is 9.90 Å². The smallest absolute Gasteiger partial charge is 0.272 e. The zero-order valence-electron chi connectivity index (χ0n) is 10.4. The maximum Gasteiger partial charge on any atom is 0.272 e. The molecule has 0 aliphatic carbocycles. The topological polar surface area (TPSA) is 61.7 Å². The lowest BCUT2D eigenvalue weighted by Crippen LogP contribution is -2.18. The summed E-state index contributed by atoms with van der Waals surface area (Å²) in [5.74, 6) is -0.444. The molecule has 1 amide bonds. The van der Waals surface area contributed by atoms with Crippen molar-refractivity contribution >= 4 is 46.2 Å². The molecule has 7 heteroatoms. The number of thiophene rings is 1. The third kappa shape index (κ3) is 3.30. The SMILES string of the molecule is C/C(=N\NC(=O)c1ccsc1)c1cc(Cl)cc(Cl)c1O. The monoisotopic (exact) mass is 328 g/mol. The molecule has 4 nitrogen and oxygen atoms in total. The average Bonchev–Trinajstić information content (AvgIpc) is 2.93. The summed E-state index contributed by atoms with van der Waals surface area (Å²) in [6.45, 7) is 1.63. The first-order valence-electron chi connectivity index (χ1n) is 5.54. The number of aromatic hydroxyl groups is 1. The molecule has 2 N–H and O–H groups in total. The van der Waals surface area contributed by atoms with E-state index in [2.05, 4.69) is 10.5 Å². The summed E-state index contributed by atoms with van der Waals surface area (Å²) in [6.07, 6.45) is 0. The van der Waals surface area contributed by atoms with Crippen molar-refractivity contribution in [2.75, 3.05) is 0 Å². The summed E-state index contributed by atoms with van der Waals surface area (Å²) in [5.41, 5.74) is 3.70. The van der Waals surface area contributed by atoms with Gasteiger partial charge in [-0.2, -0.15) is 16.4 Å². The molecule has 0 fully saturated rings. The highest BCUT2D eigenvalue weighted by atomic mass is 35.5. The maximum absolute atomic E-state index is 11.7. The van der Waals surface area contributed by atoms with E-state index in [9.17, 15) is 9.90 Å². The molecule has 1 heterocycles. The van der Waals surface area contributed by atoms with Crippen LogP contribution in [0.1, 0.15) is 22.8 Å². The molecule has 1 aromatic carbocycles. The molecule has 0 unspecified atom stereocenters. The van der Waals surface area contributed by atoms with Crippen molar-refractivity contribution in [3.8, 4) is 5.75 Å². The fourth-order valence-corrected chi connectivity index (χ4v) is 2.62. The van der Waals surface area contributed by atoms with Crippen LogP contribution in [0.5, 0.6) is 5.75 Å². The number of carbonyl (C=O) groups is 1. The first-order valence-corrected chi connectivity index (χ1v) is 7.24. The van der Waals surface area contributed by atoms with Gasteiger partial charge in [0.25, 0.3) is 5.91 Å². The van der Waals surface area contributed by atoms with Crippen LogP contribution in [0, 0.1) is 0 Å². The van der Waals surface area contributed by atoms with Gasteiger partial charge in [-0.3, -0.25) is 4.79 Å². The lowest BCUT2D eigenvalue weighted by Gasteiger charge is -2.07. The first kappa shape index (κ1) is 14.8. The van der Waals surface area contributed by atoms with Crippen LogP contribution in [-0.4, -0.2) is 16.7 Å². The molecule has 1 aromatic heterocycles. The highest BCUT2D eigenvalue weighted by molar-refractivity contribution is 7.08. The van der Waals surface area contributed by atoms with E-state index < -0.39 is 0 Å². The van der Waals surface area contributed by atoms with Gasteiger partial charge in [0.15, 0.2) is 0 Å². The van der Waals surface area contributed by atoms with E-state index >= 15 is 0 Å². The minimum Gasteiger partial charge on any atom is -0.506 e. The number of hydrazone groups is 1. The number of benzene rings is 1. The van der Waals surface area contributed by atoms with Crippen LogP contribution in [0.4, 0.5) is 0 Å². The Hall–Kier alpha value is -1.56. The van der Waals surface area contributed by atoms with Gasteiger partial charge in [0.2, 0.25) is 0 Å². The Morgan fingerprint density at radius 3 is 2.80 bits per heavy atom. The van der Waals surface area contributed by atoms with Crippen LogP contribution in [0.3, 0.4) is 0 Å². The zero-order valence-corrected chi connectivity index (χ0v) is 12.7. The maximum atomic E-state index is 11.7. The molecule has 0 radical (unpaired) electrons. The van der Waals surface area contributed by atoms with Crippen LogP contribution in [0.2, 0.25) is 10.0 Å². The second-order valence-corrected chi connectivity index (χ2v) is 5.56. The van der Waals surface area contributed by atoms with Crippen LogP contribution in [0.25, 0.3) is 0 Å². The van der Waals surface area contributed by atoms with Crippen molar-refractivity contribution in [2.24, 2.45) is 5.10 Å². The van der Waals surface area contributed by atoms with Crippen molar-refractivity contribution in [2.45, 2.75) is 6.92 Å². The first-order chi connectivity index (χ1) is 9.49. The van der Waals surface area contributed by atoms with Crippen molar-refractivity contribution in [3.05, 3.63) is 50.1 Å². The number of halogens is 2.